The molecule has 2 aliphatic rings. The van der Waals surface area contributed by atoms with Gasteiger partial charge in [-0.1, -0.05) is 0 Å². The van der Waals surface area contributed by atoms with Crippen molar-refractivity contribution in [2.75, 3.05) is 31.2 Å². The Morgan fingerprint density at radius 2 is 2.37 bits per heavy atom. The zero-order valence-corrected chi connectivity index (χ0v) is 11.5. The maximum Gasteiger partial charge on any atom is 0.141 e. The van der Waals surface area contributed by atoms with Gasteiger partial charge in [0.2, 0.25) is 0 Å². The van der Waals surface area contributed by atoms with E-state index in [4.69, 9.17) is 14.8 Å². The van der Waals surface area contributed by atoms with Crippen LogP contribution in [0.3, 0.4) is 0 Å². The summed E-state index contributed by atoms with van der Waals surface area (Å²) in [4.78, 5) is 7.17. The van der Waals surface area contributed by atoms with Crippen molar-refractivity contribution in [2.24, 2.45) is 0 Å². The molecule has 19 heavy (non-hydrogen) atoms. The van der Waals surface area contributed by atoms with Gasteiger partial charge < -0.3 is 20.1 Å². The molecule has 1 aromatic heterocycles. The third-order valence-corrected chi connectivity index (χ3v) is 3.96. The van der Waals surface area contributed by atoms with E-state index in [1.165, 1.54) is 5.56 Å². The van der Waals surface area contributed by atoms with Crippen molar-refractivity contribution in [1.82, 2.24) is 10.3 Å². The molecular formula is C14H21N3O2. The lowest BCUT2D eigenvalue weighted by atomic mass is 10.1. The number of fused-ring (bicyclic) bond motifs is 3. The van der Waals surface area contributed by atoms with Gasteiger partial charge in [-0.15, -0.1) is 0 Å². The number of aromatic nitrogens is 1. The maximum atomic E-state index is 8.85. The lowest BCUT2D eigenvalue weighted by Crippen LogP contribution is -2.55. The molecule has 104 valence electrons. The van der Waals surface area contributed by atoms with Crippen LogP contribution in [0.4, 0.5) is 5.82 Å². The molecule has 0 radical (unpaired) electrons. The first-order valence-corrected chi connectivity index (χ1v) is 6.94. The summed E-state index contributed by atoms with van der Waals surface area (Å²) in [5, 5.41) is 12.3. The highest BCUT2D eigenvalue weighted by Gasteiger charge is 2.36. The summed E-state index contributed by atoms with van der Waals surface area (Å²) < 4.78 is 5.54. The Morgan fingerprint density at radius 3 is 3.16 bits per heavy atom. The molecule has 1 saturated heterocycles. The number of rotatable bonds is 3. The summed E-state index contributed by atoms with van der Waals surface area (Å²) in [6.45, 7) is 6.60. The van der Waals surface area contributed by atoms with Crippen molar-refractivity contribution in [3.8, 4) is 5.75 Å². The van der Waals surface area contributed by atoms with E-state index in [1.54, 1.807) is 0 Å². The number of hydrogen-bond acceptors (Lipinski definition) is 5. The summed E-state index contributed by atoms with van der Waals surface area (Å²) in [7, 11) is 0. The number of pyridine rings is 1. The first-order valence-electron chi connectivity index (χ1n) is 6.94. The van der Waals surface area contributed by atoms with Crippen molar-refractivity contribution in [3.63, 3.8) is 0 Å². The molecule has 2 N–H and O–H groups in total. The topological polar surface area (TPSA) is 57.6 Å². The van der Waals surface area contributed by atoms with Gasteiger partial charge in [0.05, 0.1) is 12.3 Å². The fourth-order valence-corrected chi connectivity index (χ4v) is 3.11. The number of aliphatic hydroxyl groups is 1. The number of nitrogens with one attached hydrogen (secondary N) is 1. The Bertz CT molecular complexity index is 478. The minimum absolute atomic E-state index is 0.0340. The van der Waals surface area contributed by atoms with Crippen LogP contribution in [0.5, 0.6) is 5.75 Å². The molecule has 2 atom stereocenters. The van der Waals surface area contributed by atoms with Gasteiger partial charge in [0, 0.05) is 30.7 Å². The van der Waals surface area contributed by atoms with E-state index in [0.717, 1.165) is 36.8 Å². The van der Waals surface area contributed by atoms with E-state index in [2.05, 4.69) is 23.2 Å². The molecule has 3 rings (SSSR count). The summed E-state index contributed by atoms with van der Waals surface area (Å²) in [6.07, 6.45) is 1.02. The second-order valence-electron chi connectivity index (χ2n) is 5.40. The Balaban J connectivity index is 1.92. The average molecular weight is 263 g/mol. The quantitative estimate of drug-likeness (QED) is 0.831. The smallest absolute Gasteiger partial charge is 0.141 e. The lowest BCUT2D eigenvalue weighted by molar-refractivity contribution is 0.200. The Labute approximate surface area is 113 Å². The normalized spacial score (nSPS) is 25.1. The first kappa shape index (κ1) is 12.7. The molecule has 0 saturated carbocycles. The third kappa shape index (κ3) is 2.17. The number of aryl methyl sites for hydroxylation is 1. The highest BCUT2D eigenvalue weighted by Crippen LogP contribution is 2.36. The Hall–Kier alpha value is -1.33. The van der Waals surface area contributed by atoms with Gasteiger partial charge in [-0.25, -0.2) is 4.98 Å². The molecular weight excluding hydrogens is 242 g/mol. The van der Waals surface area contributed by atoms with Crippen molar-refractivity contribution in [1.29, 1.82) is 0 Å². The van der Waals surface area contributed by atoms with Crippen molar-refractivity contribution in [3.05, 3.63) is 17.3 Å². The molecule has 5 heteroatoms. The molecule has 0 aliphatic carbocycles. The number of ether oxygens (including phenoxy) is 1. The maximum absolute atomic E-state index is 8.85. The van der Waals surface area contributed by atoms with Crippen molar-refractivity contribution < 1.29 is 9.84 Å². The highest BCUT2D eigenvalue weighted by atomic mass is 16.5. The van der Waals surface area contributed by atoms with Crippen LogP contribution in [0, 0.1) is 6.92 Å². The molecule has 5 nitrogen and oxygen atoms in total. The van der Waals surface area contributed by atoms with Gasteiger partial charge in [-0.05, 0) is 26.3 Å². The number of anilines is 1. The fraction of sp³-hybridized carbons (Fsp3) is 0.643. The van der Waals surface area contributed by atoms with Crippen LogP contribution in [0.2, 0.25) is 0 Å². The molecule has 2 aliphatic heterocycles. The minimum atomic E-state index is 0.0340. The van der Waals surface area contributed by atoms with E-state index >= 15 is 0 Å². The van der Waals surface area contributed by atoms with Crippen LogP contribution in [-0.2, 0) is 6.42 Å². The minimum Gasteiger partial charge on any atom is -0.489 e. The van der Waals surface area contributed by atoms with E-state index in [-0.39, 0.29) is 6.61 Å². The standard InChI is InChI=1S/C14H21N3O2/c1-9-7-15-8-12-5-11-6-13(19-4-3-18)10(2)16-14(11)17(9)12/h6,9,12,15,18H,3-5,7-8H2,1-2H3. The van der Waals surface area contributed by atoms with Gasteiger partial charge >= 0.3 is 0 Å². The summed E-state index contributed by atoms with van der Waals surface area (Å²) >= 11 is 0. The van der Waals surface area contributed by atoms with E-state index in [9.17, 15) is 0 Å². The molecule has 2 unspecified atom stereocenters. The number of hydrogen-bond donors (Lipinski definition) is 2. The summed E-state index contributed by atoms with van der Waals surface area (Å²) in [5.41, 5.74) is 2.16. The first-order chi connectivity index (χ1) is 9.20. The molecule has 1 fully saturated rings. The number of piperazine rings is 1. The van der Waals surface area contributed by atoms with Gasteiger partial charge in [0.25, 0.3) is 0 Å². The SMILES string of the molecule is Cc1nc2c(cc1OCCO)CC1CNCC(C)N21. The molecule has 0 bridgehead atoms. The van der Waals surface area contributed by atoms with Crippen LogP contribution >= 0.6 is 0 Å². The zero-order chi connectivity index (χ0) is 13.4. The number of aliphatic hydroxyl groups excluding tert-OH is 1. The predicted molar refractivity (Wildman–Crippen MR) is 73.9 cm³/mol. The van der Waals surface area contributed by atoms with Gasteiger partial charge in [-0.3, -0.25) is 0 Å². The van der Waals surface area contributed by atoms with Crippen LogP contribution in [0.25, 0.3) is 0 Å². The molecule has 0 spiro atoms. The Morgan fingerprint density at radius 1 is 1.53 bits per heavy atom. The number of nitrogens with zero attached hydrogens (tertiary/aromatic N) is 2. The largest absolute Gasteiger partial charge is 0.489 e. The van der Waals surface area contributed by atoms with Crippen LogP contribution in [-0.4, -0.2) is 48.5 Å². The van der Waals surface area contributed by atoms with Gasteiger partial charge in [0.1, 0.15) is 18.2 Å². The molecule has 3 heterocycles. The van der Waals surface area contributed by atoms with Crippen molar-refractivity contribution in [2.45, 2.75) is 32.4 Å². The third-order valence-electron chi connectivity index (χ3n) is 3.96. The van der Waals surface area contributed by atoms with E-state index in [0.29, 0.717) is 18.7 Å². The summed E-state index contributed by atoms with van der Waals surface area (Å²) in [6, 6.07) is 3.09. The highest BCUT2D eigenvalue weighted by molar-refractivity contribution is 5.58. The fourth-order valence-electron chi connectivity index (χ4n) is 3.11. The van der Waals surface area contributed by atoms with E-state index in [1.807, 2.05) is 6.92 Å². The van der Waals surface area contributed by atoms with Crippen LogP contribution < -0.4 is 15.0 Å². The van der Waals surface area contributed by atoms with Gasteiger partial charge in [0.15, 0.2) is 0 Å². The van der Waals surface area contributed by atoms with Crippen LogP contribution in [0.15, 0.2) is 6.07 Å². The molecule has 1 aromatic rings. The van der Waals surface area contributed by atoms with Crippen molar-refractivity contribution >= 4 is 5.82 Å². The second kappa shape index (κ2) is 4.98. The van der Waals surface area contributed by atoms with Crippen LogP contribution in [0.1, 0.15) is 18.2 Å². The monoisotopic (exact) mass is 263 g/mol. The second-order valence-corrected chi connectivity index (χ2v) is 5.40. The Kier molecular flexibility index (Phi) is 3.33. The molecule has 0 aromatic carbocycles. The van der Waals surface area contributed by atoms with Gasteiger partial charge in [-0.2, -0.15) is 0 Å². The zero-order valence-electron chi connectivity index (χ0n) is 11.5. The average Bonchev–Trinajstić information content (AvgIpc) is 2.75. The molecule has 0 amide bonds. The van der Waals surface area contributed by atoms with E-state index < -0.39 is 0 Å². The summed E-state index contributed by atoms with van der Waals surface area (Å²) in [5.74, 6) is 1.92. The predicted octanol–water partition coefficient (Wildman–Crippen LogP) is 0.484. The lowest BCUT2D eigenvalue weighted by Gasteiger charge is -2.37.